The van der Waals surface area contributed by atoms with Gasteiger partial charge < -0.3 is 14.8 Å². The van der Waals surface area contributed by atoms with Crippen molar-refractivity contribution in [2.75, 3.05) is 18.2 Å². The number of esters is 1. The molecule has 0 aromatic heterocycles. The Kier molecular flexibility index (Phi) is 6.82. The average Bonchev–Trinajstić information content (AvgIpc) is 2.62. The highest BCUT2D eigenvalue weighted by molar-refractivity contribution is 8.00. The standard InChI is InChI=1S/C18H18FNO4S/c1-12(18(22)20-16-6-4-3-5-15(16)19)24-17(21)11-25-14-9-7-13(23-2)8-10-14/h3-10,12H,11H2,1-2H3,(H,20,22)/t12-/m0/s1. The average molecular weight is 363 g/mol. The molecule has 0 heterocycles. The maximum Gasteiger partial charge on any atom is 0.317 e. The zero-order chi connectivity index (χ0) is 18.2. The fourth-order valence-electron chi connectivity index (χ4n) is 1.90. The molecule has 0 spiro atoms. The van der Waals surface area contributed by atoms with Crippen LogP contribution in [0, 0.1) is 5.82 Å². The van der Waals surface area contributed by atoms with Gasteiger partial charge in [-0.25, -0.2) is 4.39 Å². The van der Waals surface area contributed by atoms with Gasteiger partial charge in [0.15, 0.2) is 6.10 Å². The Balaban J connectivity index is 1.80. The van der Waals surface area contributed by atoms with Crippen LogP contribution in [-0.2, 0) is 14.3 Å². The third-order valence-electron chi connectivity index (χ3n) is 3.23. The lowest BCUT2D eigenvalue weighted by Gasteiger charge is -2.13. The number of halogens is 1. The summed E-state index contributed by atoms with van der Waals surface area (Å²) in [5.74, 6) is -0.886. The molecular formula is C18H18FNO4S. The Morgan fingerprint density at radius 3 is 2.48 bits per heavy atom. The van der Waals surface area contributed by atoms with Crippen LogP contribution in [0.15, 0.2) is 53.4 Å². The van der Waals surface area contributed by atoms with Gasteiger partial charge >= 0.3 is 5.97 Å². The number of hydrogen-bond acceptors (Lipinski definition) is 5. The Morgan fingerprint density at radius 2 is 1.84 bits per heavy atom. The second-order valence-corrected chi connectivity index (χ2v) is 6.11. The Hall–Kier alpha value is -2.54. The molecule has 5 nitrogen and oxygen atoms in total. The van der Waals surface area contributed by atoms with Gasteiger partial charge in [0.2, 0.25) is 0 Å². The number of anilines is 1. The summed E-state index contributed by atoms with van der Waals surface area (Å²) in [5, 5.41) is 2.39. The molecule has 2 rings (SSSR count). The van der Waals surface area contributed by atoms with Gasteiger partial charge in [-0.15, -0.1) is 11.8 Å². The lowest BCUT2D eigenvalue weighted by atomic mass is 10.3. The number of para-hydroxylation sites is 1. The third-order valence-corrected chi connectivity index (χ3v) is 4.21. The largest absolute Gasteiger partial charge is 0.497 e. The van der Waals surface area contributed by atoms with E-state index >= 15 is 0 Å². The fraction of sp³-hybridized carbons (Fsp3) is 0.222. The first-order chi connectivity index (χ1) is 12.0. The summed E-state index contributed by atoms with van der Waals surface area (Å²) in [6.07, 6.45) is -1.02. The van der Waals surface area contributed by atoms with Gasteiger partial charge in [-0.2, -0.15) is 0 Å². The normalized spacial score (nSPS) is 11.5. The van der Waals surface area contributed by atoms with Crippen LogP contribution < -0.4 is 10.1 Å². The molecule has 0 saturated heterocycles. The highest BCUT2D eigenvalue weighted by Gasteiger charge is 2.19. The van der Waals surface area contributed by atoms with E-state index in [2.05, 4.69) is 5.32 Å². The van der Waals surface area contributed by atoms with Crippen molar-refractivity contribution in [2.45, 2.75) is 17.9 Å². The molecule has 1 atom stereocenters. The molecule has 0 fully saturated rings. The van der Waals surface area contributed by atoms with E-state index < -0.39 is 23.8 Å². The molecule has 0 bridgehead atoms. The fourth-order valence-corrected chi connectivity index (χ4v) is 2.58. The molecule has 2 aromatic rings. The quantitative estimate of drug-likeness (QED) is 0.603. The zero-order valence-corrected chi connectivity index (χ0v) is 14.6. The number of carbonyl (C=O) groups excluding carboxylic acids is 2. The summed E-state index contributed by atoms with van der Waals surface area (Å²) in [7, 11) is 1.58. The Labute approximate surface area is 149 Å². The van der Waals surface area contributed by atoms with Gasteiger partial charge in [0.25, 0.3) is 5.91 Å². The lowest BCUT2D eigenvalue weighted by molar-refractivity contribution is -0.150. The predicted octanol–water partition coefficient (Wildman–Crippen LogP) is 3.50. The van der Waals surface area contributed by atoms with Crippen molar-refractivity contribution in [1.29, 1.82) is 0 Å². The van der Waals surface area contributed by atoms with Gasteiger partial charge in [-0.05, 0) is 43.3 Å². The van der Waals surface area contributed by atoms with Crippen LogP contribution in [0.4, 0.5) is 10.1 Å². The van der Waals surface area contributed by atoms with Crippen LogP contribution >= 0.6 is 11.8 Å². The monoisotopic (exact) mass is 363 g/mol. The predicted molar refractivity (Wildman–Crippen MR) is 94.3 cm³/mol. The van der Waals surface area contributed by atoms with Crippen molar-refractivity contribution in [2.24, 2.45) is 0 Å². The molecule has 0 aliphatic heterocycles. The number of amides is 1. The number of hydrogen-bond donors (Lipinski definition) is 1. The van der Waals surface area contributed by atoms with E-state index in [0.29, 0.717) is 0 Å². The van der Waals surface area contributed by atoms with E-state index in [4.69, 9.17) is 9.47 Å². The maximum atomic E-state index is 13.5. The second-order valence-electron chi connectivity index (χ2n) is 5.07. The van der Waals surface area contributed by atoms with Crippen molar-refractivity contribution in [3.8, 4) is 5.75 Å². The van der Waals surface area contributed by atoms with Crippen molar-refractivity contribution < 1.29 is 23.5 Å². The first-order valence-corrected chi connectivity index (χ1v) is 8.50. The summed E-state index contributed by atoms with van der Waals surface area (Å²) in [4.78, 5) is 24.7. The van der Waals surface area contributed by atoms with Crippen LogP contribution in [0.25, 0.3) is 0 Å². The number of ether oxygens (including phenoxy) is 2. The van der Waals surface area contributed by atoms with E-state index in [1.807, 2.05) is 12.1 Å². The second kappa shape index (κ2) is 9.08. The minimum atomic E-state index is -1.02. The van der Waals surface area contributed by atoms with E-state index in [1.165, 1.54) is 36.9 Å². The molecular weight excluding hydrogens is 345 g/mol. The van der Waals surface area contributed by atoms with Crippen LogP contribution in [0.1, 0.15) is 6.92 Å². The van der Waals surface area contributed by atoms with Crippen LogP contribution in [-0.4, -0.2) is 30.8 Å². The smallest absolute Gasteiger partial charge is 0.317 e. The molecule has 25 heavy (non-hydrogen) atoms. The molecule has 1 amide bonds. The summed E-state index contributed by atoms with van der Waals surface area (Å²) in [5.41, 5.74) is 0.0445. The van der Waals surface area contributed by atoms with Gasteiger partial charge in [-0.3, -0.25) is 9.59 Å². The lowest BCUT2D eigenvalue weighted by Crippen LogP contribution is -2.30. The minimum Gasteiger partial charge on any atom is -0.497 e. The first kappa shape index (κ1) is 18.8. The van der Waals surface area contributed by atoms with Gasteiger partial charge in [-0.1, -0.05) is 12.1 Å². The number of thioether (sulfide) groups is 1. The van der Waals surface area contributed by atoms with E-state index in [1.54, 1.807) is 25.3 Å². The van der Waals surface area contributed by atoms with Crippen LogP contribution in [0.2, 0.25) is 0 Å². The summed E-state index contributed by atoms with van der Waals surface area (Å²) in [6, 6.07) is 13.0. The molecule has 0 saturated carbocycles. The Bertz CT molecular complexity index is 736. The van der Waals surface area contributed by atoms with Crippen molar-refractivity contribution in [1.82, 2.24) is 0 Å². The van der Waals surface area contributed by atoms with Gasteiger partial charge in [0.1, 0.15) is 11.6 Å². The summed E-state index contributed by atoms with van der Waals surface area (Å²) < 4.78 is 23.6. The topological polar surface area (TPSA) is 64.6 Å². The van der Waals surface area contributed by atoms with Crippen LogP contribution in [0.5, 0.6) is 5.75 Å². The number of carbonyl (C=O) groups is 2. The van der Waals surface area contributed by atoms with Crippen molar-refractivity contribution >= 4 is 29.3 Å². The highest BCUT2D eigenvalue weighted by atomic mass is 32.2. The highest BCUT2D eigenvalue weighted by Crippen LogP contribution is 2.21. The minimum absolute atomic E-state index is 0.0445. The number of nitrogens with one attached hydrogen (secondary N) is 1. The Morgan fingerprint density at radius 1 is 1.16 bits per heavy atom. The van der Waals surface area contributed by atoms with Gasteiger partial charge in [0.05, 0.1) is 18.6 Å². The van der Waals surface area contributed by atoms with E-state index in [9.17, 15) is 14.0 Å². The zero-order valence-electron chi connectivity index (χ0n) is 13.8. The molecule has 7 heteroatoms. The SMILES string of the molecule is COc1ccc(SCC(=O)O[C@@H](C)C(=O)Nc2ccccc2F)cc1. The van der Waals surface area contributed by atoms with Gasteiger partial charge in [0, 0.05) is 4.90 Å². The van der Waals surface area contributed by atoms with Crippen molar-refractivity contribution in [3.63, 3.8) is 0 Å². The number of benzene rings is 2. The molecule has 0 aliphatic rings. The molecule has 1 N–H and O–H groups in total. The maximum absolute atomic E-state index is 13.5. The third kappa shape index (κ3) is 5.79. The first-order valence-electron chi connectivity index (χ1n) is 7.51. The molecule has 2 aromatic carbocycles. The van der Waals surface area contributed by atoms with Crippen LogP contribution in [0.3, 0.4) is 0 Å². The molecule has 0 unspecified atom stereocenters. The van der Waals surface area contributed by atoms with E-state index in [-0.39, 0.29) is 11.4 Å². The molecule has 0 radical (unpaired) electrons. The number of rotatable bonds is 7. The summed E-state index contributed by atoms with van der Waals surface area (Å²) in [6.45, 7) is 1.44. The molecule has 132 valence electrons. The number of methoxy groups -OCH3 is 1. The van der Waals surface area contributed by atoms with Crippen molar-refractivity contribution in [3.05, 3.63) is 54.3 Å². The summed E-state index contributed by atoms with van der Waals surface area (Å²) >= 11 is 1.29. The molecule has 0 aliphatic carbocycles. The van der Waals surface area contributed by atoms with E-state index in [0.717, 1.165) is 10.6 Å².